The zero-order valence-corrected chi connectivity index (χ0v) is 8.86. The van der Waals surface area contributed by atoms with Gasteiger partial charge < -0.3 is 5.11 Å². The first-order valence-corrected chi connectivity index (χ1v) is 5.71. The maximum atomic E-state index is 11.5. The Kier molecular flexibility index (Phi) is 3.43. The molecule has 1 rings (SSSR count). The van der Waals surface area contributed by atoms with Crippen molar-refractivity contribution in [1.82, 2.24) is 4.72 Å². The second kappa shape index (κ2) is 4.41. The molecular weight excluding hydrogens is 218 g/mol. The molecule has 0 saturated carbocycles. The van der Waals surface area contributed by atoms with Gasteiger partial charge in [-0.05, 0) is 19.1 Å². The summed E-state index contributed by atoms with van der Waals surface area (Å²) in [5, 5.41) is 8.85. The van der Waals surface area contributed by atoms with E-state index in [2.05, 4.69) is 0 Å². The standard InChI is InChI=1S/C9H11NO4S/c1-7(11)9(12)10-15(13,14)8-5-3-2-4-6-8/h2-7,11H,1H3,(H,10,12)/t7-/m0/s1. The molecule has 1 atom stereocenters. The van der Waals surface area contributed by atoms with Gasteiger partial charge in [0.2, 0.25) is 0 Å². The predicted molar refractivity (Wildman–Crippen MR) is 53.5 cm³/mol. The number of nitrogens with one attached hydrogen (secondary N) is 1. The quantitative estimate of drug-likeness (QED) is 0.756. The van der Waals surface area contributed by atoms with Crippen molar-refractivity contribution in [3.05, 3.63) is 30.3 Å². The highest BCUT2D eigenvalue weighted by atomic mass is 32.2. The highest BCUT2D eigenvalue weighted by Crippen LogP contribution is 2.06. The Bertz CT molecular complexity index is 438. The van der Waals surface area contributed by atoms with Gasteiger partial charge in [-0.3, -0.25) is 4.79 Å². The molecule has 0 bridgehead atoms. The van der Waals surface area contributed by atoms with E-state index in [1.54, 1.807) is 22.9 Å². The molecule has 0 aliphatic carbocycles. The fourth-order valence-electron chi connectivity index (χ4n) is 0.876. The minimum atomic E-state index is -3.86. The number of rotatable bonds is 3. The molecule has 5 nitrogen and oxygen atoms in total. The van der Waals surface area contributed by atoms with Gasteiger partial charge in [0, 0.05) is 0 Å². The van der Waals surface area contributed by atoms with Gasteiger partial charge in [-0.25, -0.2) is 13.1 Å². The average Bonchev–Trinajstić information content (AvgIpc) is 2.18. The van der Waals surface area contributed by atoms with Gasteiger partial charge in [0.25, 0.3) is 15.9 Å². The second-order valence-corrected chi connectivity index (χ2v) is 4.64. The Balaban J connectivity index is 2.91. The van der Waals surface area contributed by atoms with E-state index >= 15 is 0 Å². The molecule has 15 heavy (non-hydrogen) atoms. The Morgan fingerprint density at radius 2 is 1.87 bits per heavy atom. The summed E-state index contributed by atoms with van der Waals surface area (Å²) in [5.41, 5.74) is 0. The van der Waals surface area contributed by atoms with Crippen LogP contribution in [0.5, 0.6) is 0 Å². The first-order chi connectivity index (χ1) is 6.93. The molecule has 0 aliphatic heterocycles. The molecule has 1 aromatic carbocycles. The Morgan fingerprint density at radius 1 is 1.33 bits per heavy atom. The molecule has 0 aromatic heterocycles. The molecular formula is C9H11NO4S. The van der Waals surface area contributed by atoms with Gasteiger partial charge in [-0.1, -0.05) is 18.2 Å². The average molecular weight is 229 g/mol. The van der Waals surface area contributed by atoms with Crippen LogP contribution in [0.2, 0.25) is 0 Å². The van der Waals surface area contributed by atoms with Crippen molar-refractivity contribution in [2.45, 2.75) is 17.9 Å². The summed E-state index contributed by atoms with van der Waals surface area (Å²) in [6.07, 6.45) is -1.36. The summed E-state index contributed by atoms with van der Waals surface area (Å²) in [6, 6.07) is 7.47. The van der Waals surface area contributed by atoms with Crippen molar-refractivity contribution >= 4 is 15.9 Å². The van der Waals surface area contributed by atoms with E-state index in [0.717, 1.165) is 0 Å². The second-order valence-electron chi connectivity index (χ2n) is 2.96. The topological polar surface area (TPSA) is 83.5 Å². The molecule has 1 amide bonds. The van der Waals surface area contributed by atoms with Crippen molar-refractivity contribution in [3.63, 3.8) is 0 Å². The number of hydrogen-bond acceptors (Lipinski definition) is 4. The minimum absolute atomic E-state index is 0.0148. The van der Waals surface area contributed by atoms with Crippen molar-refractivity contribution < 1.29 is 18.3 Å². The van der Waals surface area contributed by atoms with Gasteiger partial charge in [-0.2, -0.15) is 0 Å². The number of carbonyl (C=O) groups excluding carboxylic acids is 1. The number of amides is 1. The summed E-state index contributed by atoms with van der Waals surface area (Å²) in [5.74, 6) is -0.946. The van der Waals surface area contributed by atoms with Gasteiger partial charge in [0.1, 0.15) is 6.10 Å². The lowest BCUT2D eigenvalue weighted by atomic mass is 10.4. The molecule has 82 valence electrons. The van der Waals surface area contributed by atoms with Gasteiger partial charge >= 0.3 is 0 Å². The van der Waals surface area contributed by atoms with Crippen LogP contribution in [-0.4, -0.2) is 25.5 Å². The monoisotopic (exact) mass is 229 g/mol. The summed E-state index contributed by atoms with van der Waals surface area (Å²) < 4.78 is 24.8. The van der Waals surface area contributed by atoms with E-state index < -0.39 is 22.0 Å². The number of aliphatic hydroxyl groups excluding tert-OH is 1. The fourth-order valence-corrected chi connectivity index (χ4v) is 1.94. The molecule has 0 fully saturated rings. The third-order valence-corrected chi connectivity index (χ3v) is 3.03. The minimum Gasteiger partial charge on any atom is -0.384 e. The Morgan fingerprint density at radius 3 is 2.33 bits per heavy atom. The van der Waals surface area contributed by atoms with E-state index in [0.29, 0.717) is 0 Å². The number of benzene rings is 1. The largest absolute Gasteiger partial charge is 0.384 e. The van der Waals surface area contributed by atoms with E-state index in [1.165, 1.54) is 19.1 Å². The van der Waals surface area contributed by atoms with Crippen molar-refractivity contribution in [1.29, 1.82) is 0 Å². The number of aliphatic hydroxyl groups is 1. The smallest absolute Gasteiger partial charge is 0.264 e. The van der Waals surface area contributed by atoms with Crippen LogP contribution in [0.25, 0.3) is 0 Å². The fraction of sp³-hybridized carbons (Fsp3) is 0.222. The van der Waals surface area contributed by atoms with Crippen LogP contribution in [0, 0.1) is 0 Å². The van der Waals surface area contributed by atoms with E-state index in [-0.39, 0.29) is 4.90 Å². The molecule has 0 saturated heterocycles. The molecule has 0 spiro atoms. The van der Waals surface area contributed by atoms with Crippen molar-refractivity contribution in [2.75, 3.05) is 0 Å². The van der Waals surface area contributed by atoms with Crippen LogP contribution in [0.4, 0.5) is 0 Å². The molecule has 6 heteroatoms. The van der Waals surface area contributed by atoms with Gasteiger partial charge in [0.15, 0.2) is 0 Å². The maximum Gasteiger partial charge on any atom is 0.264 e. The third-order valence-electron chi connectivity index (χ3n) is 1.67. The van der Waals surface area contributed by atoms with Crippen LogP contribution in [0.1, 0.15) is 6.92 Å². The van der Waals surface area contributed by atoms with Crippen LogP contribution in [0.15, 0.2) is 35.2 Å². The molecule has 0 radical (unpaired) electrons. The van der Waals surface area contributed by atoms with E-state index in [9.17, 15) is 13.2 Å². The Labute approximate surface area is 87.8 Å². The highest BCUT2D eigenvalue weighted by molar-refractivity contribution is 7.90. The third kappa shape index (κ3) is 3.03. The number of sulfonamides is 1. The lowest BCUT2D eigenvalue weighted by molar-refractivity contribution is -0.126. The number of carbonyl (C=O) groups is 1. The molecule has 0 aliphatic rings. The van der Waals surface area contributed by atoms with Crippen molar-refractivity contribution in [3.8, 4) is 0 Å². The molecule has 1 aromatic rings. The summed E-state index contributed by atoms with van der Waals surface area (Å²) in [4.78, 5) is 11.0. The first-order valence-electron chi connectivity index (χ1n) is 4.23. The van der Waals surface area contributed by atoms with Gasteiger partial charge in [-0.15, -0.1) is 0 Å². The number of hydrogen-bond donors (Lipinski definition) is 2. The Hall–Kier alpha value is -1.40. The van der Waals surface area contributed by atoms with Crippen LogP contribution >= 0.6 is 0 Å². The van der Waals surface area contributed by atoms with Gasteiger partial charge in [0.05, 0.1) is 4.90 Å². The maximum absolute atomic E-state index is 11.5. The molecule has 0 unspecified atom stereocenters. The normalized spacial score (nSPS) is 13.2. The highest BCUT2D eigenvalue weighted by Gasteiger charge is 2.19. The van der Waals surface area contributed by atoms with Crippen LogP contribution in [0.3, 0.4) is 0 Å². The van der Waals surface area contributed by atoms with E-state index in [1.807, 2.05) is 0 Å². The zero-order valence-electron chi connectivity index (χ0n) is 8.04. The first kappa shape index (κ1) is 11.7. The summed E-state index contributed by atoms with van der Waals surface area (Å²) in [7, 11) is -3.86. The van der Waals surface area contributed by atoms with E-state index in [4.69, 9.17) is 5.11 Å². The molecule has 0 heterocycles. The van der Waals surface area contributed by atoms with Crippen LogP contribution in [-0.2, 0) is 14.8 Å². The molecule has 2 N–H and O–H groups in total. The lowest BCUT2D eigenvalue weighted by Gasteiger charge is -2.07. The lowest BCUT2D eigenvalue weighted by Crippen LogP contribution is -2.37. The predicted octanol–water partition coefficient (Wildman–Crippen LogP) is -0.128. The zero-order chi connectivity index (χ0) is 11.5. The van der Waals surface area contributed by atoms with Crippen LogP contribution < -0.4 is 4.72 Å². The SMILES string of the molecule is C[C@H](O)C(=O)NS(=O)(=O)c1ccccc1. The van der Waals surface area contributed by atoms with Crippen molar-refractivity contribution in [2.24, 2.45) is 0 Å². The summed E-state index contributed by atoms with van der Waals surface area (Å²) >= 11 is 0. The summed E-state index contributed by atoms with van der Waals surface area (Å²) in [6.45, 7) is 1.19.